The molecule has 0 fully saturated rings. The van der Waals surface area contributed by atoms with Gasteiger partial charge in [-0.1, -0.05) is 27.7 Å². The van der Waals surface area contributed by atoms with Crippen LogP contribution in [-0.4, -0.2) is 4.98 Å². The molecule has 1 aromatic rings. The Kier molecular flexibility index (Phi) is 3.61. The van der Waals surface area contributed by atoms with Crippen LogP contribution in [-0.2, 0) is 6.18 Å². The van der Waals surface area contributed by atoms with E-state index in [9.17, 15) is 13.2 Å². The van der Waals surface area contributed by atoms with Crippen molar-refractivity contribution < 1.29 is 13.2 Å². The first-order chi connectivity index (χ1) is 7.25. The third-order valence-corrected chi connectivity index (χ3v) is 2.49. The van der Waals surface area contributed by atoms with Crippen LogP contribution >= 0.6 is 0 Å². The summed E-state index contributed by atoms with van der Waals surface area (Å²) >= 11 is 0. The molecule has 1 aromatic heterocycles. The van der Waals surface area contributed by atoms with Crippen molar-refractivity contribution in [1.82, 2.24) is 4.98 Å². The van der Waals surface area contributed by atoms with E-state index in [1.165, 1.54) is 6.20 Å². The van der Waals surface area contributed by atoms with Crippen molar-refractivity contribution in [1.29, 1.82) is 0 Å². The molecular weight excluding hydrogens is 215 g/mol. The molecule has 0 aromatic carbocycles. The fourth-order valence-corrected chi connectivity index (χ4v) is 1.82. The fourth-order valence-electron chi connectivity index (χ4n) is 1.82. The van der Waals surface area contributed by atoms with Gasteiger partial charge in [0.2, 0.25) is 0 Å². The molecule has 4 heteroatoms. The first kappa shape index (κ1) is 13.0. The molecular formula is C12H16F3N. The quantitative estimate of drug-likeness (QED) is 0.737. The summed E-state index contributed by atoms with van der Waals surface area (Å²) in [5.41, 5.74) is 0.316. The van der Waals surface area contributed by atoms with Crippen LogP contribution in [0.2, 0.25) is 0 Å². The Morgan fingerprint density at radius 1 is 1.06 bits per heavy atom. The monoisotopic (exact) mass is 231 g/mol. The van der Waals surface area contributed by atoms with E-state index in [-0.39, 0.29) is 11.8 Å². The Morgan fingerprint density at radius 2 is 1.62 bits per heavy atom. The van der Waals surface area contributed by atoms with Crippen LogP contribution < -0.4 is 0 Å². The summed E-state index contributed by atoms with van der Waals surface area (Å²) in [5, 5.41) is 0. The Hall–Kier alpha value is -1.06. The maximum absolute atomic E-state index is 12.8. The van der Waals surface area contributed by atoms with Gasteiger partial charge in [-0.05, 0) is 29.0 Å². The predicted molar refractivity (Wildman–Crippen MR) is 57.4 cm³/mol. The van der Waals surface area contributed by atoms with E-state index in [2.05, 4.69) is 4.98 Å². The molecule has 0 radical (unpaired) electrons. The van der Waals surface area contributed by atoms with E-state index in [1.807, 2.05) is 13.8 Å². The molecule has 0 aliphatic rings. The van der Waals surface area contributed by atoms with Crippen LogP contribution in [0.3, 0.4) is 0 Å². The molecule has 0 N–H and O–H groups in total. The molecule has 0 aliphatic heterocycles. The summed E-state index contributed by atoms with van der Waals surface area (Å²) in [6, 6.07) is 1.68. The average molecular weight is 231 g/mol. The number of hydrogen-bond donors (Lipinski definition) is 0. The third-order valence-electron chi connectivity index (χ3n) is 2.49. The lowest BCUT2D eigenvalue weighted by molar-refractivity contribution is -0.142. The smallest absolute Gasteiger partial charge is 0.251 e. The van der Waals surface area contributed by atoms with Crippen molar-refractivity contribution >= 4 is 0 Å². The molecule has 0 aliphatic carbocycles. The van der Waals surface area contributed by atoms with Crippen molar-refractivity contribution in [3.63, 3.8) is 0 Å². The lowest BCUT2D eigenvalue weighted by Crippen LogP contribution is -2.15. The van der Waals surface area contributed by atoms with Crippen molar-refractivity contribution in [3.05, 3.63) is 29.1 Å². The number of nitrogens with zero attached hydrogens (tertiary/aromatic N) is 1. The van der Waals surface area contributed by atoms with Gasteiger partial charge in [0.25, 0.3) is 0 Å². The van der Waals surface area contributed by atoms with Gasteiger partial charge in [0.1, 0.15) is 5.69 Å². The van der Waals surface area contributed by atoms with Gasteiger partial charge in [-0.15, -0.1) is 0 Å². The topological polar surface area (TPSA) is 12.9 Å². The zero-order valence-electron chi connectivity index (χ0n) is 9.89. The number of alkyl halides is 3. The third kappa shape index (κ3) is 2.54. The molecule has 0 atom stereocenters. The Balaban J connectivity index is 3.45. The predicted octanol–water partition coefficient (Wildman–Crippen LogP) is 4.35. The lowest BCUT2D eigenvalue weighted by Gasteiger charge is -2.20. The van der Waals surface area contributed by atoms with Crippen molar-refractivity contribution in [2.24, 2.45) is 0 Å². The Bertz CT molecular complexity index is 367. The van der Waals surface area contributed by atoms with Crippen LogP contribution in [0, 0.1) is 0 Å². The molecule has 1 rings (SSSR count). The summed E-state index contributed by atoms with van der Waals surface area (Å²) < 4.78 is 38.4. The highest BCUT2D eigenvalue weighted by molar-refractivity contribution is 5.36. The summed E-state index contributed by atoms with van der Waals surface area (Å²) in [4.78, 5) is 3.49. The van der Waals surface area contributed by atoms with Crippen molar-refractivity contribution in [2.75, 3.05) is 0 Å². The summed E-state index contributed by atoms with van der Waals surface area (Å²) in [6.45, 7) is 7.30. The van der Waals surface area contributed by atoms with Gasteiger partial charge in [-0.25, -0.2) is 0 Å². The molecule has 0 amide bonds. The molecule has 1 heterocycles. The maximum atomic E-state index is 12.8. The van der Waals surface area contributed by atoms with Crippen LogP contribution in [0.15, 0.2) is 12.3 Å². The van der Waals surface area contributed by atoms with Gasteiger partial charge in [-0.2, -0.15) is 13.2 Å². The van der Waals surface area contributed by atoms with Gasteiger partial charge in [0, 0.05) is 6.20 Å². The number of halogens is 3. The van der Waals surface area contributed by atoms with E-state index in [4.69, 9.17) is 0 Å². The lowest BCUT2D eigenvalue weighted by atomic mass is 9.89. The van der Waals surface area contributed by atoms with E-state index in [1.54, 1.807) is 19.9 Å². The highest BCUT2D eigenvalue weighted by atomic mass is 19.4. The van der Waals surface area contributed by atoms with E-state index >= 15 is 0 Å². The van der Waals surface area contributed by atoms with Gasteiger partial charge in [-0.3, -0.25) is 4.98 Å². The molecule has 0 bridgehead atoms. The Labute approximate surface area is 93.7 Å². The molecule has 90 valence electrons. The summed E-state index contributed by atoms with van der Waals surface area (Å²) in [6.07, 6.45) is -3.13. The van der Waals surface area contributed by atoms with E-state index < -0.39 is 11.9 Å². The molecule has 16 heavy (non-hydrogen) atoms. The molecule has 0 saturated heterocycles. The highest BCUT2D eigenvalue weighted by Crippen LogP contribution is 2.37. The first-order valence-electron chi connectivity index (χ1n) is 5.31. The van der Waals surface area contributed by atoms with E-state index in [0.29, 0.717) is 5.56 Å². The zero-order chi connectivity index (χ0) is 12.5. The zero-order valence-corrected chi connectivity index (χ0v) is 9.89. The van der Waals surface area contributed by atoms with Gasteiger partial charge < -0.3 is 0 Å². The minimum atomic E-state index is -4.37. The first-order valence-corrected chi connectivity index (χ1v) is 5.31. The largest absolute Gasteiger partial charge is 0.433 e. The minimum absolute atomic E-state index is 0.0708. The number of pyridine rings is 1. The van der Waals surface area contributed by atoms with Gasteiger partial charge >= 0.3 is 6.18 Å². The van der Waals surface area contributed by atoms with E-state index in [0.717, 1.165) is 5.56 Å². The highest BCUT2D eigenvalue weighted by Gasteiger charge is 2.37. The summed E-state index contributed by atoms with van der Waals surface area (Å²) in [7, 11) is 0. The SMILES string of the molecule is CC(C)c1ccnc(C(F)(F)F)c1C(C)C. The molecule has 0 saturated carbocycles. The normalized spacial score (nSPS) is 12.6. The minimum Gasteiger partial charge on any atom is -0.251 e. The second-order valence-electron chi connectivity index (χ2n) is 4.47. The summed E-state index contributed by atoms with van der Waals surface area (Å²) in [5.74, 6) is -0.107. The van der Waals surface area contributed by atoms with Crippen LogP contribution in [0.1, 0.15) is 56.4 Å². The maximum Gasteiger partial charge on any atom is 0.433 e. The molecule has 1 nitrogen and oxygen atoms in total. The molecule has 0 unspecified atom stereocenters. The standard InChI is InChI=1S/C12H16F3N/c1-7(2)9-5-6-16-11(12(13,14)15)10(9)8(3)4/h5-8H,1-4H3. The molecule has 0 spiro atoms. The van der Waals surface area contributed by atoms with Gasteiger partial charge in [0.05, 0.1) is 0 Å². The van der Waals surface area contributed by atoms with Crippen molar-refractivity contribution in [3.8, 4) is 0 Å². The average Bonchev–Trinajstić information content (AvgIpc) is 2.14. The van der Waals surface area contributed by atoms with Crippen LogP contribution in [0.25, 0.3) is 0 Å². The fraction of sp³-hybridized carbons (Fsp3) is 0.583. The second-order valence-corrected chi connectivity index (χ2v) is 4.47. The number of hydrogen-bond acceptors (Lipinski definition) is 1. The van der Waals surface area contributed by atoms with Gasteiger partial charge in [0.15, 0.2) is 0 Å². The van der Waals surface area contributed by atoms with Crippen LogP contribution in [0.4, 0.5) is 13.2 Å². The number of aromatic nitrogens is 1. The second kappa shape index (κ2) is 4.44. The van der Waals surface area contributed by atoms with Crippen LogP contribution in [0.5, 0.6) is 0 Å². The van der Waals surface area contributed by atoms with Crippen molar-refractivity contribution in [2.45, 2.75) is 45.7 Å². The number of rotatable bonds is 2. The Morgan fingerprint density at radius 3 is 2.00 bits per heavy atom.